The van der Waals surface area contributed by atoms with Crippen molar-refractivity contribution in [3.8, 4) is 5.75 Å². The van der Waals surface area contributed by atoms with Crippen LogP contribution in [0.5, 0.6) is 5.75 Å². The normalized spacial score (nSPS) is 10.7. The monoisotopic (exact) mass is 300 g/mol. The highest BCUT2D eigenvalue weighted by atomic mass is 32.2. The van der Waals surface area contributed by atoms with Crippen molar-refractivity contribution in [3.05, 3.63) is 59.7 Å². The molecule has 110 valence electrons. The SMILES string of the molecule is CSc1ccc(C(=O)COc2ccc(C(C)C)cc2)cc1. The van der Waals surface area contributed by atoms with Gasteiger partial charge < -0.3 is 4.74 Å². The number of carbonyl (C=O) groups is 1. The summed E-state index contributed by atoms with van der Waals surface area (Å²) in [5.74, 6) is 1.22. The summed E-state index contributed by atoms with van der Waals surface area (Å²) < 4.78 is 5.56. The third-order valence-electron chi connectivity index (χ3n) is 3.33. The van der Waals surface area contributed by atoms with Crippen molar-refractivity contribution in [1.29, 1.82) is 0 Å². The van der Waals surface area contributed by atoms with E-state index in [1.54, 1.807) is 11.8 Å². The maximum absolute atomic E-state index is 12.1. The number of ether oxygens (including phenoxy) is 1. The fourth-order valence-corrected chi connectivity index (χ4v) is 2.37. The Morgan fingerprint density at radius 1 is 1.05 bits per heavy atom. The first-order chi connectivity index (χ1) is 10.1. The molecule has 0 N–H and O–H groups in total. The summed E-state index contributed by atoms with van der Waals surface area (Å²) in [5.41, 5.74) is 1.95. The number of ketones is 1. The number of rotatable bonds is 6. The van der Waals surface area contributed by atoms with Gasteiger partial charge in [0.1, 0.15) is 5.75 Å². The molecule has 0 bridgehead atoms. The van der Waals surface area contributed by atoms with Crippen LogP contribution >= 0.6 is 11.8 Å². The van der Waals surface area contributed by atoms with Gasteiger partial charge in [0, 0.05) is 10.5 Å². The van der Waals surface area contributed by atoms with E-state index < -0.39 is 0 Å². The minimum atomic E-state index is -0.00408. The maximum Gasteiger partial charge on any atom is 0.200 e. The predicted molar refractivity (Wildman–Crippen MR) is 88.6 cm³/mol. The number of benzene rings is 2. The van der Waals surface area contributed by atoms with Gasteiger partial charge in [0.15, 0.2) is 12.4 Å². The van der Waals surface area contributed by atoms with Crippen LogP contribution in [0.25, 0.3) is 0 Å². The quantitative estimate of drug-likeness (QED) is 0.566. The largest absolute Gasteiger partial charge is 0.485 e. The van der Waals surface area contributed by atoms with Gasteiger partial charge in [-0.1, -0.05) is 38.1 Å². The summed E-state index contributed by atoms with van der Waals surface area (Å²) in [6.45, 7) is 4.37. The molecule has 0 spiro atoms. The minimum Gasteiger partial charge on any atom is -0.485 e. The Morgan fingerprint density at radius 3 is 2.19 bits per heavy atom. The fraction of sp³-hybridized carbons (Fsp3) is 0.278. The summed E-state index contributed by atoms with van der Waals surface area (Å²) >= 11 is 1.66. The Balaban J connectivity index is 1.93. The number of Topliss-reactive ketones (excluding diaryl/α,β-unsaturated/α-hetero) is 1. The van der Waals surface area contributed by atoms with Gasteiger partial charge in [-0.25, -0.2) is 0 Å². The number of hydrogen-bond acceptors (Lipinski definition) is 3. The average Bonchev–Trinajstić information content (AvgIpc) is 2.53. The Labute approximate surface area is 130 Å². The topological polar surface area (TPSA) is 26.3 Å². The van der Waals surface area contributed by atoms with Crippen molar-refractivity contribution in [2.45, 2.75) is 24.7 Å². The van der Waals surface area contributed by atoms with Crippen LogP contribution in [0.15, 0.2) is 53.4 Å². The molecule has 0 aliphatic heterocycles. The van der Waals surface area contributed by atoms with E-state index in [0.29, 0.717) is 11.5 Å². The van der Waals surface area contributed by atoms with Crippen molar-refractivity contribution < 1.29 is 9.53 Å². The van der Waals surface area contributed by atoms with E-state index in [9.17, 15) is 4.79 Å². The zero-order chi connectivity index (χ0) is 15.2. The van der Waals surface area contributed by atoms with Gasteiger partial charge in [-0.05, 0) is 42.0 Å². The van der Waals surface area contributed by atoms with E-state index in [1.165, 1.54) is 5.56 Å². The molecule has 2 nitrogen and oxygen atoms in total. The van der Waals surface area contributed by atoms with Crippen LogP contribution in [0.3, 0.4) is 0 Å². The van der Waals surface area contributed by atoms with Gasteiger partial charge in [0.25, 0.3) is 0 Å². The molecule has 3 heteroatoms. The smallest absolute Gasteiger partial charge is 0.200 e. The van der Waals surface area contributed by atoms with Crippen molar-refractivity contribution in [2.75, 3.05) is 12.9 Å². The summed E-state index contributed by atoms with van der Waals surface area (Å²) in [6.07, 6.45) is 2.01. The van der Waals surface area contributed by atoms with Gasteiger partial charge >= 0.3 is 0 Å². The molecule has 0 fully saturated rings. The van der Waals surface area contributed by atoms with E-state index in [1.807, 2.05) is 54.8 Å². The van der Waals surface area contributed by atoms with E-state index >= 15 is 0 Å². The molecule has 0 amide bonds. The lowest BCUT2D eigenvalue weighted by atomic mass is 10.0. The fourth-order valence-electron chi connectivity index (χ4n) is 1.96. The molecule has 0 atom stereocenters. The first-order valence-corrected chi connectivity index (χ1v) is 8.22. The summed E-state index contributed by atoms with van der Waals surface area (Å²) in [7, 11) is 0. The van der Waals surface area contributed by atoms with Gasteiger partial charge in [-0.15, -0.1) is 11.8 Å². The van der Waals surface area contributed by atoms with E-state index in [-0.39, 0.29) is 12.4 Å². The zero-order valence-corrected chi connectivity index (χ0v) is 13.4. The van der Waals surface area contributed by atoms with Crippen LogP contribution in [-0.2, 0) is 0 Å². The molecule has 0 radical (unpaired) electrons. The van der Waals surface area contributed by atoms with Crippen molar-refractivity contribution >= 4 is 17.5 Å². The second kappa shape index (κ2) is 7.32. The van der Waals surface area contributed by atoms with Crippen molar-refractivity contribution in [3.63, 3.8) is 0 Å². The van der Waals surface area contributed by atoms with Crippen LogP contribution in [-0.4, -0.2) is 18.6 Å². The average molecular weight is 300 g/mol. The molecule has 2 rings (SSSR count). The van der Waals surface area contributed by atoms with E-state index in [2.05, 4.69) is 13.8 Å². The lowest BCUT2D eigenvalue weighted by molar-refractivity contribution is 0.0921. The first kappa shape index (κ1) is 15.6. The van der Waals surface area contributed by atoms with E-state index in [0.717, 1.165) is 10.6 Å². The van der Waals surface area contributed by atoms with Gasteiger partial charge in [-0.3, -0.25) is 4.79 Å². The summed E-state index contributed by atoms with van der Waals surface area (Å²) in [4.78, 5) is 13.2. The van der Waals surface area contributed by atoms with Gasteiger partial charge in [0.05, 0.1) is 0 Å². The van der Waals surface area contributed by atoms with Crippen LogP contribution < -0.4 is 4.74 Å². The Morgan fingerprint density at radius 2 is 1.67 bits per heavy atom. The van der Waals surface area contributed by atoms with Crippen LogP contribution in [0.2, 0.25) is 0 Å². The highest BCUT2D eigenvalue weighted by Crippen LogP contribution is 2.19. The molecule has 0 aromatic heterocycles. The molecular weight excluding hydrogens is 280 g/mol. The summed E-state index contributed by atoms with van der Waals surface area (Å²) in [5, 5.41) is 0. The highest BCUT2D eigenvalue weighted by Gasteiger charge is 2.07. The zero-order valence-electron chi connectivity index (χ0n) is 12.6. The Bertz CT molecular complexity index is 586. The molecule has 0 saturated heterocycles. The molecular formula is C18H20O2S. The Hall–Kier alpha value is -1.74. The maximum atomic E-state index is 12.1. The van der Waals surface area contributed by atoms with Crippen LogP contribution in [0.1, 0.15) is 35.7 Å². The van der Waals surface area contributed by atoms with Gasteiger partial charge in [0.2, 0.25) is 0 Å². The molecule has 0 unspecified atom stereocenters. The molecule has 0 heterocycles. The minimum absolute atomic E-state index is 0.00408. The number of thioether (sulfide) groups is 1. The van der Waals surface area contributed by atoms with Gasteiger partial charge in [-0.2, -0.15) is 0 Å². The third-order valence-corrected chi connectivity index (χ3v) is 4.07. The summed E-state index contributed by atoms with van der Waals surface area (Å²) in [6, 6.07) is 15.5. The van der Waals surface area contributed by atoms with Crippen LogP contribution in [0, 0.1) is 0 Å². The molecule has 2 aromatic rings. The molecule has 2 aromatic carbocycles. The first-order valence-electron chi connectivity index (χ1n) is 7.00. The molecule has 0 aliphatic rings. The highest BCUT2D eigenvalue weighted by molar-refractivity contribution is 7.98. The molecule has 21 heavy (non-hydrogen) atoms. The lowest BCUT2D eigenvalue weighted by Gasteiger charge is -2.08. The molecule has 0 aliphatic carbocycles. The number of carbonyl (C=O) groups excluding carboxylic acids is 1. The van der Waals surface area contributed by atoms with E-state index in [4.69, 9.17) is 4.74 Å². The second-order valence-electron chi connectivity index (χ2n) is 5.16. The Kier molecular flexibility index (Phi) is 5.45. The second-order valence-corrected chi connectivity index (χ2v) is 6.04. The predicted octanol–water partition coefficient (Wildman–Crippen LogP) is 4.79. The lowest BCUT2D eigenvalue weighted by Crippen LogP contribution is -2.11. The van der Waals surface area contributed by atoms with Crippen LogP contribution in [0.4, 0.5) is 0 Å². The van der Waals surface area contributed by atoms with Crippen molar-refractivity contribution in [2.24, 2.45) is 0 Å². The van der Waals surface area contributed by atoms with Crippen molar-refractivity contribution in [1.82, 2.24) is 0 Å². The third kappa shape index (κ3) is 4.36. The number of hydrogen-bond donors (Lipinski definition) is 0. The standard InChI is InChI=1S/C18H20O2S/c1-13(2)14-4-8-16(9-5-14)20-12-18(19)15-6-10-17(21-3)11-7-15/h4-11,13H,12H2,1-3H3. The molecule has 0 saturated carbocycles.